The van der Waals surface area contributed by atoms with Gasteiger partial charge in [-0.05, 0) is 24.5 Å². The number of hydrogen-bond donors (Lipinski definition) is 2. The third-order valence-electron chi connectivity index (χ3n) is 3.81. The van der Waals surface area contributed by atoms with Crippen molar-refractivity contribution in [1.82, 2.24) is 15.2 Å². The zero-order valence-corrected chi connectivity index (χ0v) is 10.5. The van der Waals surface area contributed by atoms with E-state index < -0.39 is 0 Å². The summed E-state index contributed by atoms with van der Waals surface area (Å²) in [4.78, 5) is 0. The van der Waals surface area contributed by atoms with Crippen LogP contribution in [-0.2, 0) is 13.0 Å². The number of hydrazine groups is 1. The average molecular weight is 242 g/mol. The molecule has 3 rings (SSSR count). The van der Waals surface area contributed by atoms with Crippen LogP contribution in [0.2, 0.25) is 0 Å². The van der Waals surface area contributed by atoms with Crippen molar-refractivity contribution in [1.29, 1.82) is 0 Å². The molecule has 4 nitrogen and oxygen atoms in total. The van der Waals surface area contributed by atoms with Crippen molar-refractivity contribution in [2.45, 2.75) is 31.8 Å². The third-order valence-corrected chi connectivity index (χ3v) is 3.81. The van der Waals surface area contributed by atoms with Gasteiger partial charge >= 0.3 is 0 Å². The van der Waals surface area contributed by atoms with Gasteiger partial charge in [-0.3, -0.25) is 16.0 Å². The van der Waals surface area contributed by atoms with Gasteiger partial charge in [0.15, 0.2) is 0 Å². The topological polar surface area (TPSA) is 55.9 Å². The third kappa shape index (κ3) is 1.74. The molecule has 0 radical (unpaired) electrons. The first kappa shape index (κ1) is 11.4. The summed E-state index contributed by atoms with van der Waals surface area (Å²) in [5.74, 6) is 6.19. The summed E-state index contributed by atoms with van der Waals surface area (Å²) in [6, 6.07) is 8.72. The number of fused-ring (bicyclic) bond motifs is 1. The number of nitrogens with zero attached hydrogens (tertiary/aromatic N) is 2. The minimum atomic E-state index is 0.153. The van der Waals surface area contributed by atoms with Crippen molar-refractivity contribution in [3.05, 3.63) is 53.3 Å². The van der Waals surface area contributed by atoms with Crippen molar-refractivity contribution < 1.29 is 0 Å². The molecule has 2 aromatic rings. The maximum absolute atomic E-state index is 5.74. The molecule has 1 aromatic heterocycles. The van der Waals surface area contributed by atoms with E-state index in [9.17, 15) is 0 Å². The van der Waals surface area contributed by atoms with Crippen LogP contribution in [0.5, 0.6) is 0 Å². The Hall–Kier alpha value is -1.65. The van der Waals surface area contributed by atoms with Crippen LogP contribution in [0.15, 0.2) is 36.7 Å². The van der Waals surface area contributed by atoms with E-state index in [0.717, 1.165) is 13.0 Å². The van der Waals surface area contributed by atoms with Crippen molar-refractivity contribution >= 4 is 0 Å². The second kappa shape index (κ2) is 4.55. The monoisotopic (exact) mass is 242 g/mol. The quantitative estimate of drug-likeness (QED) is 0.634. The predicted octanol–water partition coefficient (Wildman–Crippen LogP) is 1.75. The Bertz CT molecular complexity index is 546. The van der Waals surface area contributed by atoms with E-state index in [1.165, 1.54) is 16.7 Å². The summed E-state index contributed by atoms with van der Waals surface area (Å²) in [6.07, 6.45) is 5.07. The minimum Gasteiger partial charge on any atom is -0.273 e. The van der Waals surface area contributed by atoms with E-state index in [-0.39, 0.29) is 6.04 Å². The highest BCUT2D eigenvalue weighted by Crippen LogP contribution is 2.42. The van der Waals surface area contributed by atoms with Crippen molar-refractivity contribution in [3.8, 4) is 0 Å². The Morgan fingerprint density at radius 2 is 2.33 bits per heavy atom. The van der Waals surface area contributed by atoms with Crippen LogP contribution >= 0.6 is 0 Å². The smallest absolute Gasteiger partial charge is 0.0562 e. The van der Waals surface area contributed by atoms with Crippen LogP contribution in [0.25, 0.3) is 0 Å². The molecule has 1 heterocycles. The highest BCUT2D eigenvalue weighted by molar-refractivity contribution is 5.42. The van der Waals surface area contributed by atoms with Gasteiger partial charge in [-0.1, -0.05) is 24.3 Å². The fourth-order valence-corrected chi connectivity index (χ4v) is 2.75. The summed E-state index contributed by atoms with van der Waals surface area (Å²) < 4.78 is 1.93. The Balaban J connectivity index is 1.87. The molecule has 1 aromatic carbocycles. The molecule has 0 saturated heterocycles. The number of nitrogens with two attached hydrogens (primary N) is 1. The molecule has 3 N–H and O–H groups in total. The summed E-state index contributed by atoms with van der Waals surface area (Å²) in [6.45, 7) is 2.97. The molecule has 2 atom stereocenters. The number of aryl methyl sites for hydroxylation is 1. The predicted molar refractivity (Wildman–Crippen MR) is 70.9 cm³/mol. The summed E-state index contributed by atoms with van der Waals surface area (Å²) in [7, 11) is 0. The first-order valence-electron chi connectivity index (χ1n) is 6.39. The second-order valence-electron chi connectivity index (χ2n) is 4.78. The molecule has 4 heteroatoms. The van der Waals surface area contributed by atoms with Gasteiger partial charge in [0.05, 0.1) is 12.2 Å². The molecule has 0 bridgehead atoms. The standard InChI is InChI=1S/C14H18N4/c1-2-18-9-11(8-16-18)14(17-15)13-7-10-5-3-4-6-12(10)13/h3-6,8-9,13-14,17H,2,7,15H2,1H3. The van der Waals surface area contributed by atoms with Crippen molar-refractivity contribution in [3.63, 3.8) is 0 Å². The zero-order valence-electron chi connectivity index (χ0n) is 10.5. The largest absolute Gasteiger partial charge is 0.273 e. The van der Waals surface area contributed by atoms with Gasteiger partial charge in [-0.15, -0.1) is 0 Å². The molecule has 0 fully saturated rings. The normalized spacial score (nSPS) is 19.1. The van der Waals surface area contributed by atoms with Crippen molar-refractivity contribution in [2.24, 2.45) is 5.84 Å². The Labute approximate surface area is 107 Å². The molecular formula is C14H18N4. The van der Waals surface area contributed by atoms with Gasteiger partial charge < -0.3 is 0 Å². The molecule has 0 saturated carbocycles. The average Bonchev–Trinajstić information content (AvgIpc) is 2.84. The Morgan fingerprint density at radius 1 is 1.50 bits per heavy atom. The highest BCUT2D eigenvalue weighted by atomic mass is 15.3. The fourth-order valence-electron chi connectivity index (χ4n) is 2.75. The van der Waals surface area contributed by atoms with Crippen LogP contribution in [0.1, 0.15) is 35.6 Å². The maximum atomic E-state index is 5.74. The Kier molecular flexibility index (Phi) is 2.89. The first-order valence-corrected chi connectivity index (χ1v) is 6.39. The molecule has 0 aliphatic heterocycles. The minimum absolute atomic E-state index is 0.153. The fraction of sp³-hybridized carbons (Fsp3) is 0.357. The van der Waals surface area contributed by atoms with Crippen LogP contribution in [-0.4, -0.2) is 9.78 Å². The van der Waals surface area contributed by atoms with Gasteiger partial charge in [-0.2, -0.15) is 5.10 Å². The van der Waals surface area contributed by atoms with Crippen molar-refractivity contribution in [2.75, 3.05) is 0 Å². The lowest BCUT2D eigenvalue weighted by molar-refractivity contribution is 0.419. The number of benzene rings is 1. The lowest BCUT2D eigenvalue weighted by atomic mass is 9.72. The first-order chi connectivity index (χ1) is 8.83. The molecule has 1 aliphatic carbocycles. The van der Waals surface area contributed by atoms with Gasteiger partial charge in [0.2, 0.25) is 0 Å². The van der Waals surface area contributed by atoms with Crippen LogP contribution in [0.3, 0.4) is 0 Å². The number of hydrogen-bond acceptors (Lipinski definition) is 3. The molecule has 1 aliphatic rings. The molecular weight excluding hydrogens is 224 g/mol. The Morgan fingerprint density at radius 3 is 3.00 bits per heavy atom. The zero-order chi connectivity index (χ0) is 12.5. The van der Waals surface area contributed by atoms with E-state index in [0.29, 0.717) is 5.92 Å². The molecule has 2 unspecified atom stereocenters. The SMILES string of the molecule is CCn1cc(C(NN)C2Cc3ccccc32)cn1. The second-order valence-corrected chi connectivity index (χ2v) is 4.78. The lowest BCUT2D eigenvalue weighted by Gasteiger charge is -2.35. The molecule has 94 valence electrons. The van der Waals surface area contributed by atoms with Crippen LogP contribution in [0.4, 0.5) is 0 Å². The van der Waals surface area contributed by atoms with Gasteiger partial charge in [0.1, 0.15) is 0 Å². The van der Waals surface area contributed by atoms with E-state index in [1.54, 1.807) is 0 Å². The molecule has 0 amide bonds. The van der Waals surface area contributed by atoms with Crippen LogP contribution < -0.4 is 11.3 Å². The number of rotatable bonds is 4. The van der Waals surface area contributed by atoms with Gasteiger partial charge in [-0.25, -0.2) is 0 Å². The highest BCUT2D eigenvalue weighted by Gasteiger charge is 2.33. The lowest BCUT2D eigenvalue weighted by Crippen LogP contribution is -2.37. The van der Waals surface area contributed by atoms with Gasteiger partial charge in [0, 0.05) is 24.2 Å². The molecule has 0 spiro atoms. The van der Waals surface area contributed by atoms with Gasteiger partial charge in [0.25, 0.3) is 0 Å². The van der Waals surface area contributed by atoms with E-state index in [4.69, 9.17) is 5.84 Å². The summed E-state index contributed by atoms with van der Waals surface area (Å²) in [5, 5.41) is 4.32. The van der Waals surface area contributed by atoms with Crippen LogP contribution in [0, 0.1) is 0 Å². The number of aromatic nitrogens is 2. The number of nitrogens with one attached hydrogen (secondary N) is 1. The molecule has 18 heavy (non-hydrogen) atoms. The van der Waals surface area contributed by atoms with E-state index >= 15 is 0 Å². The maximum Gasteiger partial charge on any atom is 0.0562 e. The summed E-state index contributed by atoms with van der Waals surface area (Å²) >= 11 is 0. The van der Waals surface area contributed by atoms with E-state index in [1.807, 2.05) is 10.9 Å². The van der Waals surface area contributed by atoms with E-state index in [2.05, 4.69) is 47.9 Å². The summed E-state index contributed by atoms with van der Waals surface area (Å²) in [5.41, 5.74) is 6.95.